The molecule has 6 heteroatoms. The normalized spacial score (nSPS) is 12.7. The van der Waals surface area contributed by atoms with E-state index >= 15 is 0 Å². The second-order valence-corrected chi connectivity index (χ2v) is 6.11. The van der Waals surface area contributed by atoms with Crippen LogP contribution in [0.3, 0.4) is 0 Å². The molecule has 1 aromatic carbocycles. The fraction of sp³-hybridized carbons (Fsp3) is 0.267. The van der Waals surface area contributed by atoms with Gasteiger partial charge in [-0.25, -0.2) is 4.98 Å². The molecule has 3 rings (SSSR count). The summed E-state index contributed by atoms with van der Waals surface area (Å²) in [5, 5.41) is 7.47. The summed E-state index contributed by atoms with van der Waals surface area (Å²) in [4.78, 5) is 16.8. The van der Waals surface area contributed by atoms with Crippen LogP contribution in [0.4, 0.5) is 0 Å². The highest BCUT2D eigenvalue weighted by Gasteiger charge is 2.12. The van der Waals surface area contributed by atoms with Gasteiger partial charge in [0.05, 0.1) is 0 Å². The van der Waals surface area contributed by atoms with Crippen LogP contribution in [0.2, 0.25) is 0 Å². The maximum atomic E-state index is 11.8. The van der Waals surface area contributed by atoms with Crippen molar-refractivity contribution < 1.29 is 5.32 Å². The van der Waals surface area contributed by atoms with Crippen molar-refractivity contribution >= 4 is 16.3 Å². The average Bonchev–Trinajstić information content (AvgIpc) is 2.89. The molecule has 108 valence electrons. The zero-order chi connectivity index (χ0) is 14.8. The summed E-state index contributed by atoms with van der Waals surface area (Å²) >= 11 is 1.47. The number of rotatable bonds is 4. The van der Waals surface area contributed by atoms with Crippen molar-refractivity contribution in [3.8, 4) is 0 Å². The maximum Gasteiger partial charge on any atom is 0.275 e. The number of aromatic nitrogens is 3. The zero-order valence-corrected chi connectivity index (χ0v) is 12.8. The second kappa shape index (κ2) is 5.75. The Morgan fingerprint density at radius 3 is 2.86 bits per heavy atom. The molecule has 0 radical (unpaired) electrons. The Hall–Kier alpha value is -2.05. The summed E-state index contributed by atoms with van der Waals surface area (Å²) in [5.74, 6) is 0. The Morgan fingerprint density at radius 2 is 2.10 bits per heavy atom. The van der Waals surface area contributed by atoms with Gasteiger partial charge < -0.3 is 5.32 Å². The first-order valence-electron chi connectivity index (χ1n) is 6.88. The van der Waals surface area contributed by atoms with Gasteiger partial charge in [0.25, 0.3) is 5.56 Å². The maximum absolute atomic E-state index is 11.8. The number of nitrogens with two attached hydrogens (primary N) is 1. The van der Waals surface area contributed by atoms with Crippen LogP contribution in [0.15, 0.2) is 41.2 Å². The Balaban J connectivity index is 1.77. The van der Waals surface area contributed by atoms with Crippen molar-refractivity contribution in [2.24, 2.45) is 0 Å². The largest absolute Gasteiger partial charge is 0.335 e. The molecule has 0 amide bonds. The zero-order valence-electron chi connectivity index (χ0n) is 12.0. The Kier molecular flexibility index (Phi) is 3.81. The van der Waals surface area contributed by atoms with Gasteiger partial charge in [0.2, 0.25) is 4.96 Å². The SMILES string of the molecule is Cc1cc(=O)n2nc(C[NH2+][C@H](C)c3ccccc3)sc2n1. The molecule has 0 spiro atoms. The fourth-order valence-corrected chi connectivity index (χ4v) is 3.13. The number of hydrogen-bond donors (Lipinski definition) is 1. The molecule has 0 saturated heterocycles. The lowest BCUT2D eigenvalue weighted by molar-refractivity contribution is -0.707. The molecule has 0 saturated carbocycles. The number of hydrogen-bond acceptors (Lipinski definition) is 4. The first-order chi connectivity index (χ1) is 10.1. The number of benzene rings is 1. The van der Waals surface area contributed by atoms with Gasteiger partial charge >= 0.3 is 0 Å². The fourth-order valence-electron chi connectivity index (χ4n) is 2.21. The minimum absolute atomic E-state index is 0.115. The van der Waals surface area contributed by atoms with Crippen molar-refractivity contribution in [1.29, 1.82) is 0 Å². The summed E-state index contributed by atoms with van der Waals surface area (Å²) in [7, 11) is 0. The van der Waals surface area contributed by atoms with Crippen molar-refractivity contribution in [1.82, 2.24) is 14.6 Å². The third-order valence-electron chi connectivity index (χ3n) is 3.39. The number of quaternary nitrogens is 1. The van der Waals surface area contributed by atoms with E-state index in [4.69, 9.17) is 0 Å². The van der Waals surface area contributed by atoms with Gasteiger partial charge in [0, 0.05) is 17.3 Å². The van der Waals surface area contributed by atoms with Crippen LogP contribution in [0, 0.1) is 6.92 Å². The standard InChI is InChI=1S/C15H16N4OS/c1-10-8-14(20)19-15(17-10)21-13(18-19)9-16-11(2)12-6-4-3-5-7-12/h3-8,11,16H,9H2,1-2H3/p+1/t11-/m1/s1. The van der Waals surface area contributed by atoms with E-state index in [0.29, 0.717) is 11.0 Å². The lowest BCUT2D eigenvalue weighted by Crippen LogP contribution is -2.83. The molecule has 2 N–H and O–H groups in total. The highest BCUT2D eigenvalue weighted by atomic mass is 32.1. The summed E-state index contributed by atoms with van der Waals surface area (Å²) in [6.07, 6.45) is 0. The number of aryl methyl sites for hydroxylation is 1. The van der Waals surface area contributed by atoms with Crippen LogP contribution in [0.5, 0.6) is 0 Å². The van der Waals surface area contributed by atoms with E-state index in [-0.39, 0.29) is 5.56 Å². The van der Waals surface area contributed by atoms with Crippen LogP contribution in [-0.4, -0.2) is 14.6 Å². The molecule has 2 heterocycles. The van der Waals surface area contributed by atoms with E-state index in [1.807, 2.05) is 25.1 Å². The summed E-state index contributed by atoms with van der Waals surface area (Å²) in [6, 6.07) is 12.2. The molecular weight excluding hydrogens is 284 g/mol. The summed E-state index contributed by atoms with van der Waals surface area (Å²) < 4.78 is 1.38. The quantitative estimate of drug-likeness (QED) is 0.789. The molecule has 0 aliphatic heterocycles. The summed E-state index contributed by atoms with van der Waals surface area (Å²) in [5.41, 5.74) is 1.90. The number of fused-ring (bicyclic) bond motifs is 1. The van der Waals surface area contributed by atoms with Crippen LogP contribution in [0.1, 0.15) is 29.2 Å². The minimum Gasteiger partial charge on any atom is -0.335 e. The Labute approximate surface area is 126 Å². The molecule has 0 bridgehead atoms. The first kappa shape index (κ1) is 13.9. The van der Waals surface area contributed by atoms with E-state index < -0.39 is 0 Å². The van der Waals surface area contributed by atoms with E-state index in [2.05, 4.69) is 34.5 Å². The molecule has 0 unspecified atom stereocenters. The minimum atomic E-state index is -0.115. The van der Waals surface area contributed by atoms with Gasteiger partial charge in [-0.15, -0.1) is 0 Å². The van der Waals surface area contributed by atoms with Gasteiger partial charge in [0.1, 0.15) is 12.6 Å². The van der Waals surface area contributed by atoms with E-state index in [9.17, 15) is 4.79 Å². The molecule has 1 atom stereocenters. The molecule has 3 aromatic rings. The molecule has 0 aliphatic carbocycles. The van der Waals surface area contributed by atoms with E-state index in [1.165, 1.54) is 27.5 Å². The predicted molar refractivity (Wildman–Crippen MR) is 82.4 cm³/mol. The van der Waals surface area contributed by atoms with Crippen LogP contribution < -0.4 is 10.9 Å². The molecule has 0 aliphatic rings. The first-order valence-corrected chi connectivity index (χ1v) is 7.70. The lowest BCUT2D eigenvalue weighted by atomic mass is 10.1. The van der Waals surface area contributed by atoms with Crippen LogP contribution in [-0.2, 0) is 6.54 Å². The Morgan fingerprint density at radius 1 is 1.33 bits per heavy atom. The predicted octanol–water partition coefficient (Wildman–Crippen LogP) is 1.28. The van der Waals surface area contributed by atoms with Gasteiger partial charge in [-0.1, -0.05) is 41.7 Å². The van der Waals surface area contributed by atoms with Crippen molar-refractivity contribution in [3.63, 3.8) is 0 Å². The van der Waals surface area contributed by atoms with Crippen LogP contribution >= 0.6 is 11.3 Å². The van der Waals surface area contributed by atoms with Crippen LogP contribution in [0.25, 0.3) is 4.96 Å². The van der Waals surface area contributed by atoms with Gasteiger partial charge in [-0.2, -0.15) is 9.61 Å². The molecule has 0 fully saturated rings. The monoisotopic (exact) mass is 301 g/mol. The van der Waals surface area contributed by atoms with Gasteiger partial charge in [-0.05, 0) is 13.8 Å². The highest BCUT2D eigenvalue weighted by molar-refractivity contribution is 7.16. The lowest BCUT2D eigenvalue weighted by Gasteiger charge is -2.09. The Bertz CT molecular complexity index is 809. The summed E-state index contributed by atoms with van der Waals surface area (Å²) in [6.45, 7) is 4.73. The van der Waals surface area contributed by atoms with Gasteiger partial charge in [-0.3, -0.25) is 4.79 Å². The van der Waals surface area contributed by atoms with E-state index in [0.717, 1.165) is 17.2 Å². The van der Waals surface area contributed by atoms with Crippen molar-refractivity contribution in [2.75, 3.05) is 0 Å². The molecule has 2 aromatic heterocycles. The van der Waals surface area contributed by atoms with Crippen molar-refractivity contribution in [3.05, 3.63) is 63.0 Å². The average molecular weight is 301 g/mol. The van der Waals surface area contributed by atoms with Crippen molar-refractivity contribution in [2.45, 2.75) is 26.4 Å². The number of nitrogens with zero attached hydrogens (tertiary/aromatic N) is 3. The van der Waals surface area contributed by atoms with E-state index in [1.54, 1.807) is 0 Å². The third-order valence-corrected chi connectivity index (χ3v) is 4.32. The highest BCUT2D eigenvalue weighted by Crippen LogP contribution is 2.11. The third kappa shape index (κ3) is 3.01. The topological polar surface area (TPSA) is 63.9 Å². The smallest absolute Gasteiger partial charge is 0.275 e. The second-order valence-electron chi connectivity index (χ2n) is 5.07. The molecule has 21 heavy (non-hydrogen) atoms. The molecular formula is C15H17N4OS+. The van der Waals surface area contributed by atoms with Gasteiger partial charge in [0.15, 0.2) is 5.01 Å². The molecule has 5 nitrogen and oxygen atoms in total.